The van der Waals surface area contributed by atoms with E-state index in [1.165, 1.54) is 12.4 Å². The van der Waals surface area contributed by atoms with Gasteiger partial charge in [0.05, 0.1) is 12.7 Å². The van der Waals surface area contributed by atoms with Crippen LogP contribution in [0.5, 0.6) is 5.75 Å². The van der Waals surface area contributed by atoms with E-state index in [0.29, 0.717) is 31.2 Å². The van der Waals surface area contributed by atoms with Gasteiger partial charge in [0.15, 0.2) is 0 Å². The van der Waals surface area contributed by atoms with Gasteiger partial charge in [-0.25, -0.2) is 9.97 Å². The standard InChI is InChI=1S/C17H22N4O3/c1-23-9-3-8-18-16(22)14-11-20-17(21-12-14)19-10-13-4-6-15(24-2)7-5-13/h4-7,11-12H,3,8-10H2,1-2H3,(H,18,22)(H,19,20,21). The van der Waals surface area contributed by atoms with Crippen molar-refractivity contribution in [2.45, 2.75) is 13.0 Å². The van der Waals surface area contributed by atoms with Gasteiger partial charge in [-0.15, -0.1) is 0 Å². The predicted molar refractivity (Wildman–Crippen MR) is 91.2 cm³/mol. The third-order valence-electron chi connectivity index (χ3n) is 3.33. The molecule has 0 spiro atoms. The van der Waals surface area contributed by atoms with Crippen LogP contribution in [0.25, 0.3) is 0 Å². The van der Waals surface area contributed by atoms with E-state index in [-0.39, 0.29) is 5.91 Å². The van der Waals surface area contributed by atoms with Crippen molar-refractivity contribution in [3.8, 4) is 5.75 Å². The normalized spacial score (nSPS) is 10.2. The summed E-state index contributed by atoms with van der Waals surface area (Å²) in [6.45, 7) is 1.77. The molecule has 0 radical (unpaired) electrons. The fourth-order valence-corrected chi connectivity index (χ4v) is 1.98. The molecule has 0 fully saturated rings. The number of nitrogens with zero attached hydrogens (tertiary/aromatic N) is 2. The molecular weight excluding hydrogens is 308 g/mol. The summed E-state index contributed by atoms with van der Waals surface area (Å²) in [7, 11) is 3.27. The van der Waals surface area contributed by atoms with E-state index in [1.807, 2.05) is 24.3 Å². The van der Waals surface area contributed by atoms with Gasteiger partial charge in [0.1, 0.15) is 5.75 Å². The number of anilines is 1. The second-order valence-electron chi connectivity index (χ2n) is 5.10. The topological polar surface area (TPSA) is 85.4 Å². The van der Waals surface area contributed by atoms with Crippen LogP contribution in [0.2, 0.25) is 0 Å². The van der Waals surface area contributed by atoms with E-state index >= 15 is 0 Å². The first-order valence-electron chi connectivity index (χ1n) is 7.69. The zero-order valence-corrected chi connectivity index (χ0v) is 13.9. The molecule has 7 nitrogen and oxygen atoms in total. The lowest BCUT2D eigenvalue weighted by atomic mass is 10.2. The first-order valence-corrected chi connectivity index (χ1v) is 7.69. The van der Waals surface area contributed by atoms with Gasteiger partial charge in [0.25, 0.3) is 5.91 Å². The molecule has 1 aromatic carbocycles. The van der Waals surface area contributed by atoms with Crippen LogP contribution in [-0.4, -0.2) is 43.2 Å². The monoisotopic (exact) mass is 330 g/mol. The van der Waals surface area contributed by atoms with Gasteiger partial charge in [-0.05, 0) is 24.1 Å². The summed E-state index contributed by atoms with van der Waals surface area (Å²) in [5.74, 6) is 1.10. The first-order chi connectivity index (χ1) is 11.7. The molecule has 1 amide bonds. The number of rotatable bonds is 9. The lowest BCUT2D eigenvalue weighted by Gasteiger charge is -2.07. The summed E-state index contributed by atoms with van der Waals surface area (Å²) in [6, 6.07) is 7.73. The Bertz CT molecular complexity index is 629. The Morgan fingerprint density at radius 1 is 1.12 bits per heavy atom. The fourth-order valence-electron chi connectivity index (χ4n) is 1.98. The van der Waals surface area contributed by atoms with Crippen molar-refractivity contribution in [3.63, 3.8) is 0 Å². The van der Waals surface area contributed by atoms with Gasteiger partial charge in [0, 0.05) is 39.2 Å². The molecule has 2 aromatic rings. The van der Waals surface area contributed by atoms with Gasteiger partial charge in [-0.1, -0.05) is 12.1 Å². The second kappa shape index (κ2) is 9.46. The molecule has 0 atom stereocenters. The molecule has 1 aromatic heterocycles. The van der Waals surface area contributed by atoms with Crippen molar-refractivity contribution in [3.05, 3.63) is 47.8 Å². The van der Waals surface area contributed by atoms with E-state index in [9.17, 15) is 4.79 Å². The molecule has 2 rings (SSSR count). The zero-order valence-electron chi connectivity index (χ0n) is 13.9. The van der Waals surface area contributed by atoms with Gasteiger partial charge in [-0.3, -0.25) is 4.79 Å². The Morgan fingerprint density at radius 3 is 2.46 bits per heavy atom. The summed E-state index contributed by atoms with van der Waals surface area (Å²) >= 11 is 0. The Balaban J connectivity index is 1.81. The number of amides is 1. The summed E-state index contributed by atoms with van der Waals surface area (Å²) in [5.41, 5.74) is 1.52. The fraction of sp³-hybridized carbons (Fsp3) is 0.353. The molecule has 0 saturated heterocycles. The minimum atomic E-state index is -0.187. The maximum absolute atomic E-state index is 11.9. The number of ether oxygens (including phenoxy) is 2. The molecular formula is C17H22N4O3. The summed E-state index contributed by atoms with van der Waals surface area (Å²) in [6.07, 6.45) is 3.79. The van der Waals surface area contributed by atoms with Crippen molar-refractivity contribution < 1.29 is 14.3 Å². The van der Waals surface area contributed by atoms with Crippen LogP contribution >= 0.6 is 0 Å². The molecule has 0 saturated carbocycles. The Labute approximate surface area is 141 Å². The highest BCUT2D eigenvalue weighted by molar-refractivity contribution is 5.93. The average Bonchev–Trinajstić information content (AvgIpc) is 2.64. The summed E-state index contributed by atoms with van der Waals surface area (Å²) < 4.78 is 10.0. The molecule has 7 heteroatoms. The zero-order chi connectivity index (χ0) is 17.2. The number of aromatic nitrogens is 2. The maximum Gasteiger partial charge on any atom is 0.254 e. The van der Waals surface area contributed by atoms with Crippen molar-refractivity contribution in [1.29, 1.82) is 0 Å². The highest BCUT2D eigenvalue weighted by Gasteiger charge is 2.06. The number of carbonyl (C=O) groups excluding carboxylic acids is 1. The van der Waals surface area contributed by atoms with E-state index in [2.05, 4.69) is 20.6 Å². The second-order valence-corrected chi connectivity index (χ2v) is 5.10. The van der Waals surface area contributed by atoms with Gasteiger partial charge in [-0.2, -0.15) is 0 Å². The van der Waals surface area contributed by atoms with Crippen LogP contribution in [0.15, 0.2) is 36.7 Å². The average molecular weight is 330 g/mol. The van der Waals surface area contributed by atoms with E-state index < -0.39 is 0 Å². The molecule has 1 heterocycles. The third kappa shape index (κ3) is 5.51. The minimum absolute atomic E-state index is 0.187. The minimum Gasteiger partial charge on any atom is -0.497 e. The van der Waals surface area contributed by atoms with Crippen LogP contribution in [0.3, 0.4) is 0 Å². The number of hydrogen-bond donors (Lipinski definition) is 2. The lowest BCUT2D eigenvalue weighted by molar-refractivity contribution is 0.0948. The van der Waals surface area contributed by atoms with E-state index in [0.717, 1.165) is 17.7 Å². The van der Waals surface area contributed by atoms with Gasteiger partial charge in [0.2, 0.25) is 5.95 Å². The summed E-state index contributed by atoms with van der Waals surface area (Å²) in [4.78, 5) is 20.2. The molecule has 2 N–H and O–H groups in total. The largest absolute Gasteiger partial charge is 0.497 e. The number of methoxy groups -OCH3 is 2. The Kier molecular flexibility index (Phi) is 6.97. The number of benzene rings is 1. The molecule has 0 unspecified atom stereocenters. The van der Waals surface area contributed by atoms with Crippen molar-refractivity contribution in [2.24, 2.45) is 0 Å². The number of nitrogens with one attached hydrogen (secondary N) is 2. The van der Waals surface area contributed by atoms with Crippen LogP contribution in [0, 0.1) is 0 Å². The number of hydrogen-bond acceptors (Lipinski definition) is 6. The van der Waals surface area contributed by atoms with E-state index in [4.69, 9.17) is 9.47 Å². The van der Waals surface area contributed by atoms with Crippen LogP contribution in [0.4, 0.5) is 5.95 Å². The Hall–Kier alpha value is -2.67. The smallest absolute Gasteiger partial charge is 0.254 e. The maximum atomic E-state index is 11.9. The van der Waals surface area contributed by atoms with Crippen LogP contribution < -0.4 is 15.4 Å². The van der Waals surface area contributed by atoms with Gasteiger partial charge < -0.3 is 20.1 Å². The molecule has 0 aliphatic carbocycles. The van der Waals surface area contributed by atoms with Crippen molar-refractivity contribution in [1.82, 2.24) is 15.3 Å². The lowest BCUT2D eigenvalue weighted by Crippen LogP contribution is -2.25. The quantitative estimate of drug-likeness (QED) is 0.683. The number of carbonyl (C=O) groups is 1. The van der Waals surface area contributed by atoms with Crippen molar-refractivity contribution in [2.75, 3.05) is 32.7 Å². The molecule has 128 valence electrons. The van der Waals surface area contributed by atoms with Crippen molar-refractivity contribution >= 4 is 11.9 Å². The van der Waals surface area contributed by atoms with Crippen LogP contribution in [-0.2, 0) is 11.3 Å². The molecule has 24 heavy (non-hydrogen) atoms. The molecule has 0 bridgehead atoms. The highest BCUT2D eigenvalue weighted by atomic mass is 16.5. The third-order valence-corrected chi connectivity index (χ3v) is 3.33. The van der Waals surface area contributed by atoms with Crippen LogP contribution in [0.1, 0.15) is 22.3 Å². The first kappa shape index (κ1) is 17.7. The Morgan fingerprint density at radius 2 is 1.83 bits per heavy atom. The predicted octanol–water partition coefficient (Wildman–Crippen LogP) is 1.86. The SMILES string of the molecule is COCCCNC(=O)c1cnc(NCc2ccc(OC)cc2)nc1. The van der Waals surface area contributed by atoms with E-state index in [1.54, 1.807) is 14.2 Å². The molecule has 0 aliphatic heterocycles. The molecule has 0 aliphatic rings. The van der Waals surface area contributed by atoms with Gasteiger partial charge >= 0.3 is 0 Å². The summed E-state index contributed by atoms with van der Waals surface area (Å²) in [5, 5.41) is 5.90. The highest BCUT2D eigenvalue weighted by Crippen LogP contribution is 2.12.